The molecular formula is C21H18ClI2NO4S. The molecule has 0 N–H and O–H groups in total. The highest BCUT2D eigenvalue weighted by molar-refractivity contribution is 14.1. The van der Waals surface area contributed by atoms with Crippen LogP contribution in [0, 0.1) is 7.14 Å². The van der Waals surface area contributed by atoms with Crippen LogP contribution in [0.1, 0.15) is 17.5 Å². The first-order valence-corrected chi connectivity index (χ1v) is 12.3. The summed E-state index contributed by atoms with van der Waals surface area (Å²) in [5, 5.41) is 0.449. The number of ether oxygens (including phenoxy) is 2. The SMILES string of the molecule is COCCCN1C(=O)S/C(=C/c2cc(I)c(OCc3ccc(Cl)cc3)c(I)c2)C1=O. The molecule has 2 amide bonds. The van der Waals surface area contributed by atoms with Gasteiger partial charge in [-0.05, 0) is 105 Å². The Kier molecular flexibility index (Phi) is 8.87. The molecule has 1 saturated heterocycles. The smallest absolute Gasteiger partial charge is 0.293 e. The number of hydrogen-bond acceptors (Lipinski definition) is 5. The number of carbonyl (C=O) groups is 2. The van der Waals surface area contributed by atoms with Gasteiger partial charge in [-0.3, -0.25) is 14.5 Å². The Balaban J connectivity index is 1.72. The number of carbonyl (C=O) groups excluding carboxylic acids is 2. The molecule has 1 heterocycles. The van der Waals surface area contributed by atoms with E-state index in [0.717, 1.165) is 35.8 Å². The molecule has 0 saturated carbocycles. The summed E-state index contributed by atoms with van der Waals surface area (Å²) in [4.78, 5) is 26.4. The van der Waals surface area contributed by atoms with E-state index in [1.807, 2.05) is 36.4 Å². The van der Waals surface area contributed by atoms with Crippen molar-refractivity contribution < 1.29 is 19.1 Å². The fourth-order valence-corrected chi connectivity index (χ4v) is 5.87. The van der Waals surface area contributed by atoms with Gasteiger partial charge in [0.2, 0.25) is 0 Å². The van der Waals surface area contributed by atoms with Crippen LogP contribution in [-0.2, 0) is 16.1 Å². The van der Waals surface area contributed by atoms with E-state index in [2.05, 4.69) is 45.2 Å². The Labute approximate surface area is 211 Å². The molecule has 1 aliphatic heterocycles. The second-order valence-corrected chi connectivity index (χ2v) is 10.2. The van der Waals surface area contributed by atoms with Crippen LogP contribution in [0.5, 0.6) is 5.75 Å². The third kappa shape index (κ3) is 6.12. The summed E-state index contributed by atoms with van der Waals surface area (Å²) in [5.74, 6) is 0.533. The van der Waals surface area contributed by atoms with Gasteiger partial charge in [-0.25, -0.2) is 0 Å². The summed E-state index contributed by atoms with van der Waals surface area (Å²) < 4.78 is 12.9. The quantitative estimate of drug-likeness (QED) is 0.191. The maximum Gasteiger partial charge on any atom is 0.293 e. The zero-order valence-corrected chi connectivity index (χ0v) is 21.9. The Morgan fingerprint density at radius 1 is 1.13 bits per heavy atom. The van der Waals surface area contributed by atoms with Crippen molar-refractivity contribution in [2.75, 3.05) is 20.3 Å². The predicted octanol–water partition coefficient (Wildman–Crippen LogP) is 6.20. The van der Waals surface area contributed by atoms with Gasteiger partial charge in [-0.2, -0.15) is 0 Å². The highest BCUT2D eigenvalue weighted by atomic mass is 127. The summed E-state index contributed by atoms with van der Waals surface area (Å²) in [6.45, 7) is 1.31. The summed E-state index contributed by atoms with van der Waals surface area (Å²) >= 11 is 11.3. The molecule has 1 aliphatic rings. The lowest BCUT2D eigenvalue weighted by molar-refractivity contribution is -0.122. The van der Waals surface area contributed by atoms with Crippen LogP contribution in [0.25, 0.3) is 6.08 Å². The molecule has 1 fully saturated rings. The minimum Gasteiger partial charge on any atom is -0.487 e. The van der Waals surface area contributed by atoms with Crippen LogP contribution in [0.2, 0.25) is 5.02 Å². The van der Waals surface area contributed by atoms with E-state index in [0.29, 0.717) is 36.1 Å². The molecule has 2 aromatic rings. The monoisotopic (exact) mass is 669 g/mol. The van der Waals surface area contributed by atoms with Crippen molar-refractivity contribution in [3.8, 4) is 5.75 Å². The van der Waals surface area contributed by atoms with E-state index < -0.39 is 0 Å². The van der Waals surface area contributed by atoms with E-state index >= 15 is 0 Å². The lowest BCUT2D eigenvalue weighted by Crippen LogP contribution is -2.29. The lowest BCUT2D eigenvalue weighted by Gasteiger charge is -2.12. The molecule has 30 heavy (non-hydrogen) atoms. The summed E-state index contributed by atoms with van der Waals surface area (Å²) in [6.07, 6.45) is 2.38. The van der Waals surface area contributed by atoms with Crippen LogP contribution in [0.3, 0.4) is 0 Å². The van der Waals surface area contributed by atoms with E-state index in [4.69, 9.17) is 21.1 Å². The molecule has 0 atom stereocenters. The molecule has 9 heteroatoms. The third-order valence-electron chi connectivity index (χ3n) is 4.22. The standard InChI is InChI=1S/C21H18ClI2NO4S/c1-28-8-2-7-25-20(26)18(30-21(25)27)11-14-9-16(23)19(17(24)10-14)29-12-13-3-5-15(22)6-4-13/h3-6,9-11H,2,7-8,12H2,1H3/b18-11+. The molecule has 0 radical (unpaired) electrons. The zero-order chi connectivity index (χ0) is 21.7. The summed E-state index contributed by atoms with van der Waals surface area (Å²) in [7, 11) is 1.60. The molecule has 0 aromatic heterocycles. The average molecular weight is 670 g/mol. The highest BCUT2D eigenvalue weighted by Gasteiger charge is 2.34. The summed E-state index contributed by atoms with van der Waals surface area (Å²) in [5.41, 5.74) is 1.88. The Bertz CT molecular complexity index is 958. The number of imide groups is 1. The van der Waals surface area contributed by atoms with Crippen LogP contribution >= 0.6 is 68.5 Å². The maximum absolute atomic E-state index is 12.6. The van der Waals surface area contributed by atoms with Crippen LogP contribution < -0.4 is 4.74 Å². The molecule has 3 rings (SSSR count). The van der Waals surface area contributed by atoms with Crippen molar-refractivity contribution in [2.24, 2.45) is 0 Å². The molecule has 0 spiro atoms. The number of hydrogen-bond donors (Lipinski definition) is 0. The summed E-state index contributed by atoms with van der Waals surface area (Å²) in [6, 6.07) is 11.4. The Hall–Kier alpha value is -0.820. The van der Waals surface area contributed by atoms with Gasteiger partial charge in [0.1, 0.15) is 12.4 Å². The van der Waals surface area contributed by atoms with Crippen molar-refractivity contribution in [3.63, 3.8) is 0 Å². The van der Waals surface area contributed by atoms with Gasteiger partial charge in [0.15, 0.2) is 0 Å². The number of rotatable bonds is 8. The normalized spacial score (nSPS) is 15.3. The Morgan fingerprint density at radius 3 is 2.43 bits per heavy atom. The fourth-order valence-electron chi connectivity index (χ4n) is 2.75. The maximum atomic E-state index is 12.6. The number of amides is 2. The number of halogens is 3. The van der Waals surface area contributed by atoms with Crippen molar-refractivity contribution in [2.45, 2.75) is 13.0 Å². The van der Waals surface area contributed by atoms with Crippen molar-refractivity contribution in [3.05, 3.63) is 64.6 Å². The lowest BCUT2D eigenvalue weighted by atomic mass is 10.2. The molecular weight excluding hydrogens is 652 g/mol. The third-order valence-corrected chi connectivity index (χ3v) is 6.98. The molecule has 2 aromatic carbocycles. The molecule has 5 nitrogen and oxygen atoms in total. The highest BCUT2D eigenvalue weighted by Crippen LogP contribution is 2.35. The predicted molar refractivity (Wildman–Crippen MR) is 137 cm³/mol. The first kappa shape index (κ1) is 23.8. The molecule has 0 aliphatic carbocycles. The van der Waals surface area contributed by atoms with E-state index in [9.17, 15) is 9.59 Å². The van der Waals surface area contributed by atoms with Gasteiger partial charge in [0, 0.05) is 25.3 Å². The van der Waals surface area contributed by atoms with Gasteiger partial charge in [0.25, 0.3) is 11.1 Å². The van der Waals surface area contributed by atoms with Crippen LogP contribution in [0.4, 0.5) is 4.79 Å². The van der Waals surface area contributed by atoms with E-state index in [1.165, 1.54) is 4.90 Å². The minimum atomic E-state index is -0.255. The first-order chi connectivity index (χ1) is 14.4. The van der Waals surface area contributed by atoms with Crippen molar-refractivity contribution in [1.82, 2.24) is 4.90 Å². The van der Waals surface area contributed by atoms with Gasteiger partial charge < -0.3 is 9.47 Å². The van der Waals surface area contributed by atoms with Crippen LogP contribution in [-0.4, -0.2) is 36.3 Å². The first-order valence-electron chi connectivity index (χ1n) is 8.99. The second-order valence-electron chi connectivity index (χ2n) is 6.41. The molecule has 158 valence electrons. The minimum absolute atomic E-state index is 0.241. The van der Waals surface area contributed by atoms with Gasteiger partial charge in [0.05, 0.1) is 12.0 Å². The van der Waals surface area contributed by atoms with E-state index in [1.54, 1.807) is 13.2 Å². The van der Waals surface area contributed by atoms with Gasteiger partial charge >= 0.3 is 0 Å². The van der Waals surface area contributed by atoms with Crippen molar-refractivity contribution >= 4 is 85.8 Å². The number of nitrogens with zero attached hydrogens (tertiary/aromatic N) is 1. The van der Waals surface area contributed by atoms with Crippen molar-refractivity contribution in [1.29, 1.82) is 0 Å². The average Bonchev–Trinajstić information content (AvgIpc) is 2.96. The largest absolute Gasteiger partial charge is 0.487 e. The number of thioether (sulfide) groups is 1. The van der Waals surface area contributed by atoms with E-state index in [-0.39, 0.29) is 11.1 Å². The zero-order valence-electron chi connectivity index (χ0n) is 16.0. The van der Waals surface area contributed by atoms with Crippen LogP contribution in [0.15, 0.2) is 41.3 Å². The number of methoxy groups -OCH3 is 1. The van der Waals surface area contributed by atoms with Gasteiger partial charge in [-0.1, -0.05) is 23.7 Å². The second kappa shape index (κ2) is 11.2. The topological polar surface area (TPSA) is 55.8 Å². The molecule has 0 unspecified atom stereocenters. The number of benzene rings is 2. The fraction of sp³-hybridized carbons (Fsp3) is 0.238. The van der Waals surface area contributed by atoms with Gasteiger partial charge in [-0.15, -0.1) is 0 Å². The Morgan fingerprint density at radius 2 is 1.80 bits per heavy atom. The molecule has 0 bridgehead atoms.